The highest BCUT2D eigenvalue weighted by atomic mass is 16.5. The molecule has 0 atom stereocenters. The first kappa shape index (κ1) is 20.5. The SMILES string of the molecule is Cn1c(=O)c2c([nH]c[n+]2CC(=O)NN=Cc2ccccc2OCC(=O)O)n(C)c1=O. The molecule has 0 radical (unpaired) electrons. The third kappa shape index (κ3) is 4.11. The Morgan fingerprint density at radius 3 is 2.73 bits per heavy atom. The quantitative estimate of drug-likeness (QED) is 0.242. The minimum absolute atomic E-state index is 0.172. The van der Waals surface area contributed by atoms with Gasteiger partial charge in [0, 0.05) is 19.7 Å². The first-order valence-corrected chi connectivity index (χ1v) is 8.71. The van der Waals surface area contributed by atoms with Gasteiger partial charge >= 0.3 is 17.2 Å². The molecule has 0 saturated heterocycles. The fourth-order valence-corrected chi connectivity index (χ4v) is 2.80. The molecule has 0 bridgehead atoms. The fraction of sp³-hybridized carbons (Fsp3) is 0.222. The molecule has 0 aliphatic rings. The van der Waals surface area contributed by atoms with Crippen LogP contribution in [0.3, 0.4) is 0 Å². The molecule has 12 heteroatoms. The molecule has 1 amide bonds. The number of imidazole rings is 1. The Balaban J connectivity index is 1.74. The first-order valence-electron chi connectivity index (χ1n) is 8.71. The summed E-state index contributed by atoms with van der Waals surface area (Å²) in [5.74, 6) is -1.33. The summed E-state index contributed by atoms with van der Waals surface area (Å²) in [6, 6.07) is 6.60. The van der Waals surface area contributed by atoms with Crippen LogP contribution in [0.15, 0.2) is 45.3 Å². The number of hydrazone groups is 1. The predicted octanol–water partition coefficient (Wildman–Crippen LogP) is -1.53. The average Bonchev–Trinajstić information content (AvgIpc) is 3.13. The number of amides is 1. The summed E-state index contributed by atoms with van der Waals surface area (Å²) in [4.78, 5) is 50.1. The van der Waals surface area contributed by atoms with Crippen LogP contribution in [-0.2, 0) is 30.2 Å². The maximum absolute atomic E-state index is 12.4. The van der Waals surface area contributed by atoms with E-state index in [9.17, 15) is 19.2 Å². The van der Waals surface area contributed by atoms with E-state index in [4.69, 9.17) is 9.84 Å². The number of para-hydroxylation sites is 1. The van der Waals surface area contributed by atoms with Gasteiger partial charge in [-0.15, -0.1) is 0 Å². The van der Waals surface area contributed by atoms with Crippen molar-refractivity contribution in [2.24, 2.45) is 19.2 Å². The number of aryl methyl sites for hydroxylation is 1. The van der Waals surface area contributed by atoms with Gasteiger partial charge in [-0.1, -0.05) is 12.1 Å². The minimum atomic E-state index is -1.12. The predicted molar refractivity (Wildman–Crippen MR) is 104 cm³/mol. The number of carbonyl (C=O) groups is 2. The zero-order valence-electron chi connectivity index (χ0n) is 16.2. The first-order chi connectivity index (χ1) is 14.3. The maximum atomic E-state index is 12.4. The number of fused-ring (bicyclic) bond motifs is 1. The van der Waals surface area contributed by atoms with Gasteiger partial charge in [0.05, 0.1) is 6.21 Å². The van der Waals surface area contributed by atoms with E-state index in [-0.39, 0.29) is 12.1 Å². The van der Waals surface area contributed by atoms with E-state index < -0.39 is 29.7 Å². The molecule has 2 heterocycles. The Kier molecular flexibility index (Phi) is 5.76. The summed E-state index contributed by atoms with van der Waals surface area (Å²) in [6.07, 6.45) is 2.74. The summed E-state index contributed by atoms with van der Waals surface area (Å²) >= 11 is 0. The summed E-state index contributed by atoms with van der Waals surface area (Å²) < 4.78 is 8.77. The Bertz CT molecular complexity index is 1270. The fourth-order valence-electron chi connectivity index (χ4n) is 2.80. The van der Waals surface area contributed by atoms with Crippen molar-refractivity contribution in [2.45, 2.75) is 6.54 Å². The molecular formula is C18H19N6O6+. The standard InChI is InChI=1S/C18H18N6O6/c1-22-16-15(17(28)23(2)18(22)29)24(10-19-16)8-13(25)21-20-7-11-5-3-4-6-12(11)30-9-14(26)27/h3-7,10H,8-9H2,1-2H3,(H2,21,25,26,27)/p+1. The Hall–Kier alpha value is -4.22. The van der Waals surface area contributed by atoms with Crippen molar-refractivity contribution in [2.75, 3.05) is 6.61 Å². The lowest BCUT2D eigenvalue weighted by Gasteiger charge is -2.06. The van der Waals surface area contributed by atoms with Crippen LogP contribution in [0, 0.1) is 0 Å². The lowest BCUT2D eigenvalue weighted by Crippen LogP contribution is -2.46. The van der Waals surface area contributed by atoms with Gasteiger partial charge in [-0.25, -0.2) is 24.6 Å². The lowest BCUT2D eigenvalue weighted by atomic mass is 10.2. The molecule has 0 spiro atoms. The topological polar surface area (TPSA) is 152 Å². The molecule has 0 unspecified atom stereocenters. The van der Waals surface area contributed by atoms with Gasteiger partial charge in [0.15, 0.2) is 13.2 Å². The molecule has 0 aliphatic carbocycles. The van der Waals surface area contributed by atoms with Crippen molar-refractivity contribution in [3.63, 3.8) is 0 Å². The smallest absolute Gasteiger partial charge is 0.341 e. The van der Waals surface area contributed by atoms with E-state index >= 15 is 0 Å². The molecule has 0 aliphatic heterocycles. The third-order valence-electron chi connectivity index (χ3n) is 4.26. The van der Waals surface area contributed by atoms with Gasteiger partial charge in [-0.05, 0) is 12.1 Å². The van der Waals surface area contributed by atoms with Gasteiger partial charge < -0.3 is 9.84 Å². The molecule has 2 aromatic heterocycles. The molecular weight excluding hydrogens is 396 g/mol. The molecule has 0 saturated carbocycles. The van der Waals surface area contributed by atoms with Crippen molar-refractivity contribution >= 4 is 29.3 Å². The number of benzene rings is 1. The summed E-state index contributed by atoms with van der Waals surface area (Å²) in [5.41, 5.74) is 2.26. The van der Waals surface area contributed by atoms with Crippen molar-refractivity contribution in [1.29, 1.82) is 0 Å². The average molecular weight is 415 g/mol. The van der Waals surface area contributed by atoms with Crippen molar-refractivity contribution in [3.05, 3.63) is 57.0 Å². The molecule has 3 N–H and O–H groups in total. The lowest BCUT2D eigenvalue weighted by molar-refractivity contribution is -0.659. The number of aliphatic carboxylic acids is 1. The summed E-state index contributed by atoms with van der Waals surface area (Å²) in [7, 11) is 2.87. The number of hydrogen-bond donors (Lipinski definition) is 3. The molecule has 0 fully saturated rings. The van der Waals surface area contributed by atoms with Crippen LogP contribution in [0.25, 0.3) is 11.2 Å². The number of rotatable bonds is 7. The second kappa shape index (κ2) is 8.43. The van der Waals surface area contributed by atoms with Crippen LogP contribution in [0.2, 0.25) is 0 Å². The van der Waals surface area contributed by atoms with Crippen LogP contribution in [-0.4, -0.2) is 43.9 Å². The van der Waals surface area contributed by atoms with Crippen LogP contribution < -0.4 is 26.0 Å². The monoisotopic (exact) mass is 415 g/mol. The Labute approximate surface area is 168 Å². The Morgan fingerprint density at radius 1 is 1.27 bits per heavy atom. The maximum Gasteiger partial charge on any atom is 0.341 e. The zero-order valence-corrected chi connectivity index (χ0v) is 16.2. The van der Waals surface area contributed by atoms with E-state index in [1.165, 1.54) is 35.8 Å². The largest absolute Gasteiger partial charge is 0.481 e. The molecule has 1 aromatic carbocycles. The van der Waals surface area contributed by atoms with Gasteiger partial charge in [0.2, 0.25) is 6.33 Å². The second-order valence-electron chi connectivity index (χ2n) is 6.32. The van der Waals surface area contributed by atoms with Gasteiger partial charge in [-0.2, -0.15) is 5.10 Å². The second-order valence-corrected chi connectivity index (χ2v) is 6.32. The van der Waals surface area contributed by atoms with Crippen molar-refractivity contribution in [3.8, 4) is 5.75 Å². The normalized spacial score (nSPS) is 11.1. The van der Waals surface area contributed by atoms with Crippen molar-refractivity contribution < 1.29 is 24.0 Å². The van der Waals surface area contributed by atoms with E-state index in [1.54, 1.807) is 24.3 Å². The number of carboxylic acid groups (broad SMARTS) is 1. The van der Waals surface area contributed by atoms with Crippen LogP contribution in [0.5, 0.6) is 5.75 Å². The number of hydrogen-bond acceptors (Lipinski definition) is 6. The van der Waals surface area contributed by atoms with E-state index in [0.29, 0.717) is 17.0 Å². The van der Waals surface area contributed by atoms with Gasteiger partial charge in [-0.3, -0.25) is 18.7 Å². The molecule has 156 valence electrons. The van der Waals surface area contributed by atoms with Gasteiger partial charge in [0.1, 0.15) is 5.75 Å². The number of carbonyl (C=O) groups excluding carboxylic acids is 1. The number of carboxylic acids is 1. The molecule has 30 heavy (non-hydrogen) atoms. The van der Waals surface area contributed by atoms with Crippen LogP contribution in [0.1, 0.15) is 5.56 Å². The number of aromatic nitrogens is 4. The van der Waals surface area contributed by atoms with Crippen LogP contribution in [0.4, 0.5) is 0 Å². The van der Waals surface area contributed by atoms with E-state index in [1.807, 2.05) is 0 Å². The molecule has 12 nitrogen and oxygen atoms in total. The van der Waals surface area contributed by atoms with E-state index in [2.05, 4.69) is 15.5 Å². The highest BCUT2D eigenvalue weighted by Crippen LogP contribution is 2.15. The third-order valence-corrected chi connectivity index (χ3v) is 4.26. The van der Waals surface area contributed by atoms with Crippen LogP contribution >= 0.6 is 0 Å². The zero-order chi connectivity index (χ0) is 21.8. The highest BCUT2D eigenvalue weighted by molar-refractivity contribution is 5.85. The number of aromatic amines is 1. The number of nitrogens with one attached hydrogen (secondary N) is 2. The summed E-state index contributed by atoms with van der Waals surface area (Å²) in [5, 5.41) is 12.6. The van der Waals surface area contributed by atoms with Gasteiger partial charge in [0.25, 0.3) is 17.1 Å². The highest BCUT2D eigenvalue weighted by Gasteiger charge is 2.21. The molecule has 3 aromatic rings. The molecule has 3 rings (SSSR count). The number of nitrogens with zero attached hydrogens (tertiary/aromatic N) is 4. The number of ether oxygens (including phenoxy) is 1. The minimum Gasteiger partial charge on any atom is -0.481 e. The summed E-state index contributed by atoms with van der Waals surface area (Å²) in [6.45, 7) is -0.728. The van der Waals surface area contributed by atoms with E-state index in [0.717, 1.165) is 4.57 Å². The van der Waals surface area contributed by atoms with Crippen molar-refractivity contribution in [1.82, 2.24) is 19.5 Å². The Morgan fingerprint density at radius 2 is 2.00 bits per heavy atom. The number of H-pyrrole nitrogens is 1.